The summed E-state index contributed by atoms with van der Waals surface area (Å²) in [5.74, 6) is 0.888. The molecule has 2 heterocycles. The van der Waals surface area contributed by atoms with Gasteiger partial charge in [0.15, 0.2) is 5.65 Å². The Labute approximate surface area is 157 Å². The van der Waals surface area contributed by atoms with Crippen LogP contribution in [0.3, 0.4) is 0 Å². The normalized spacial score (nSPS) is 19.3. The first-order valence-electron chi connectivity index (χ1n) is 9.24. The third-order valence-electron chi connectivity index (χ3n) is 5.08. The summed E-state index contributed by atoms with van der Waals surface area (Å²) in [4.78, 5) is 16.2. The minimum Gasteiger partial charge on any atom is -0.393 e. The number of carbonyl (C=O) groups is 1. The number of hydrogen-bond acceptors (Lipinski definition) is 5. The standard InChI is InChI=1S/C20H23N5O2/c1-21-19(27)14-6-8-15(9-7-14)22-20-23-18-4-2-3-16(25(18)24-20)11-13-5-10-17(26)12-13/h2-4,6-9,13,17,26H,5,10-12H2,1H3,(H,21,27)(H,22,24)/t13-,17-/m1/s1. The molecule has 3 aromatic rings. The van der Waals surface area contributed by atoms with Gasteiger partial charge in [0, 0.05) is 24.0 Å². The summed E-state index contributed by atoms with van der Waals surface area (Å²) in [6.45, 7) is 0. The van der Waals surface area contributed by atoms with Crippen molar-refractivity contribution in [1.29, 1.82) is 0 Å². The molecular weight excluding hydrogens is 342 g/mol. The van der Waals surface area contributed by atoms with Gasteiger partial charge in [-0.1, -0.05) is 6.07 Å². The van der Waals surface area contributed by atoms with Gasteiger partial charge in [0.1, 0.15) is 0 Å². The van der Waals surface area contributed by atoms with Gasteiger partial charge in [0.05, 0.1) is 6.10 Å². The number of benzene rings is 1. The van der Waals surface area contributed by atoms with Crippen molar-refractivity contribution in [1.82, 2.24) is 19.9 Å². The van der Waals surface area contributed by atoms with Gasteiger partial charge in [-0.15, -0.1) is 5.10 Å². The summed E-state index contributed by atoms with van der Waals surface area (Å²) in [5, 5.41) is 20.1. The summed E-state index contributed by atoms with van der Waals surface area (Å²) < 4.78 is 1.87. The van der Waals surface area contributed by atoms with Crippen molar-refractivity contribution in [3.8, 4) is 0 Å². The fourth-order valence-corrected chi connectivity index (χ4v) is 3.67. The number of carbonyl (C=O) groups excluding carboxylic acids is 1. The van der Waals surface area contributed by atoms with E-state index in [0.717, 1.165) is 42.7 Å². The predicted molar refractivity (Wildman–Crippen MR) is 103 cm³/mol. The summed E-state index contributed by atoms with van der Waals surface area (Å²) in [6, 6.07) is 13.2. The topological polar surface area (TPSA) is 91.5 Å². The highest BCUT2D eigenvalue weighted by Gasteiger charge is 2.24. The van der Waals surface area contributed by atoms with Crippen LogP contribution in [0.15, 0.2) is 42.5 Å². The highest BCUT2D eigenvalue weighted by Crippen LogP contribution is 2.28. The molecule has 2 atom stereocenters. The Morgan fingerprint density at radius 2 is 2.04 bits per heavy atom. The van der Waals surface area contributed by atoms with Crippen LogP contribution in [0.25, 0.3) is 5.65 Å². The van der Waals surface area contributed by atoms with Gasteiger partial charge in [-0.2, -0.15) is 4.98 Å². The van der Waals surface area contributed by atoms with Crippen molar-refractivity contribution in [2.75, 3.05) is 12.4 Å². The second kappa shape index (κ2) is 7.36. The molecule has 0 spiro atoms. The van der Waals surface area contributed by atoms with Crippen LogP contribution in [-0.2, 0) is 6.42 Å². The monoisotopic (exact) mass is 365 g/mol. The van der Waals surface area contributed by atoms with Crippen molar-refractivity contribution >= 4 is 23.2 Å². The molecule has 0 unspecified atom stereocenters. The van der Waals surface area contributed by atoms with E-state index in [-0.39, 0.29) is 12.0 Å². The summed E-state index contributed by atoms with van der Waals surface area (Å²) in [6.07, 6.45) is 3.51. The number of aromatic nitrogens is 3. The van der Waals surface area contributed by atoms with Gasteiger partial charge in [0.2, 0.25) is 5.95 Å². The van der Waals surface area contributed by atoms with Gasteiger partial charge in [-0.05, 0) is 68.0 Å². The summed E-state index contributed by atoms with van der Waals surface area (Å²) >= 11 is 0. The van der Waals surface area contributed by atoms with Gasteiger partial charge in [-0.25, -0.2) is 4.52 Å². The van der Waals surface area contributed by atoms with E-state index in [0.29, 0.717) is 17.4 Å². The Morgan fingerprint density at radius 1 is 1.22 bits per heavy atom. The maximum absolute atomic E-state index is 11.6. The van der Waals surface area contributed by atoms with Crippen LogP contribution in [0.4, 0.5) is 11.6 Å². The first-order valence-corrected chi connectivity index (χ1v) is 9.24. The van der Waals surface area contributed by atoms with Crippen molar-refractivity contribution in [2.45, 2.75) is 31.8 Å². The highest BCUT2D eigenvalue weighted by atomic mass is 16.3. The van der Waals surface area contributed by atoms with Crippen molar-refractivity contribution < 1.29 is 9.90 Å². The molecule has 0 saturated heterocycles. The zero-order valence-electron chi connectivity index (χ0n) is 15.2. The van der Waals surface area contributed by atoms with Crippen LogP contribution in [0, 0.1) is 5.92 Å². The third-order valence-corrected chi connectivity index (χ3v) is 5.08. The van der Waals surface area contributed by atoms with E-state index in [1.165, 1.54) is 0 Å². The Kier molecular flexibility index (Phi) is 4.77. The lowest BCUT2D eigenvalue weighted by atomic mass is 10.0. The number of nitrogens with zero attached hydrogens (tertiary/aromatic N) is 3. The maximum atomic E-state index is 11.6. The van der Waals surface area contributed by atoms with E-state index >= 15 is 0 Å². The van der Waals surface area contributed by atoms with Crippen LogP contribution < -0.4 is 10.6 Å². The highest BCUT2D eigenvalue weighted by molar-refractivity contribution is 5.94. The quantitative estimate of drug-likeness (QED) is 0.646. The first kappa shape index (κ1) is 17.5. The molecular formula is C20H23N5O2. The maximum Gasteiger partial charge on any atom is 0.251 e. The Hall–Kier alpha value is -2.93. The molecule has 1 saturated carbocycles. The number of fused-ring (bicyclic) bond motifs is 1. The molecule has 1 aromatic carbocycles. The molecule has 1 fully saturated rings. The van der Waals surface area contributed by atoms with Gasteiger partial charge in [0.25, 0.3) is 5.91 Å². The second-order valence-corrected chi connectivity index (χ2v) is 7.04. The fourth-order valence-electron chi connectivity index (χ4n) is 3.67. The summed E-state index contributed by atoms with van der Waals surface area (Å²) in [5.41, 5.74) is 3.31. The van der Waals surface area contributed by atoms with E-state index in [1.807, 2.05) is 28.8 Å². The van der Waals surface area contributed by atoms with Crippen molar-refractivity contribution in [3.05, 3.63) is 53.7 Å². The number of rotatable bonds is 5. The van der Waals surface area contributed by atoms with Gasteiger partial charge in [-0.3, -0.25) is 4.79 Å². The third kappa shape index (κ3) is 3.78. The Morgan fingerprint density at radius 3 is 2.74 bits per heavy atom. The molecule has 2 aromatic heterocycles. The van der Waals surface area contributed by atoms with E-state index in [4.69, 9.17) is 0 Å². The van der Waals surface area contributed by atoms with Crippen LogP contribution >= 0.6 is 0 Å². The lowest BCUT2D eigenvalue weighted by Gasteiger charge is -2.10. The molecule has 4 rings (SSSR count). The lowest BCUT2D eigenvalue weighted by Crippen LogP contribution is -2.17. The largest absolute Gasteiger partial charge is 0.393 e. The molecule has 3 N–H and O–H groups in total. The number of hydrogen-bond donors (Lipinski definition) is 3. The number of amides is 1. The van der Waals surface area contributed by atoms with Gasteiger partial charge < -0.3 is 15.7 Å². The van der Waals surface area contributed by atoms with E-state index in [1.54, 1.807) is 19.2 Å². The van der Waals surface area contributed by atoms with Crippen LogP contribution in [0.1, 0.15) is 35.3 Å². The SMILES string of the molecule is CNC(=O)c1ccc(Nc2nc3cccc(C[C@H]4CC[C@@H](O)C4)n3n2)cc1. The average molecular weight is 365 g/mol. The molecule has 0 bridgehead atoms. The summed E-state index contributed by atoms with van der Waals surface area (Å²) in [7, 11) is 1.61. The Balaban J connectivity index is 1.53. The van der Waals surface area contributed by atoms with Crippen molar-refractivity contribution in [3.63, 3.8) is 0 Å². The molecule has 27 heavy (non-hydrogen) atoms. The average Bonchev–Trinajstić information content (AvgIpc) is 3.28. The molecule has 1 amide bonds. The molecule has 7 heteroatoms. The zero-order valence-corrected chi connectivity index (χ0v) is 15.2. The molecule has 0 aliphatic heterocycles. The first-order chi connectivity index (χ1) is 13.1. The predicted octanol–water partition coefficient (Wildman–Crippen LogP) is 2.54. The fraction of sp³-hybridized carbons (Fsp3) is 0.350. The van der Waals surface area contributed by atoms with E-state index in [9.17, 15) is 9.90 Å². The number of pyridine rings is 1. The van der Waals surface area contributed by atoms with Crippen LogP contribution in [0.2, 0.25) is 0 Å². The van der Waals surface area contributed by atoms with Crippen molar-refractivity contribution in [2.24, 2.45) is 5.92 Å². The lowest BCUT2D eigenvalue weighted by molar-refractivity contribution is 0.0963. The minimum absolute atomic E-state index is 0.117. The van der Waals surface area contributed by atoms with E-state index in [2.05, 4.69) is 26.8 Å². The Bertz CT molecular complexity index is 951. The van der Waals surface area contributed by atoms with E-state index < -0.39 is 0 Å². The number of anilines is 2. The molecule has 1 aliphatic carbocycles. The molecule has 140 valence electrons. The van der Waals surface area contributed by atoms with Gasteiger partial charge >= 0.3 is 0 Å². The number of aliphatic hydroxyl groups excluding tert-OH is 1. The smallest absolute Gasteiger partial charge is 0.251 e. The molecule has 1 aliphatic rings. The zero-order chi connectivity index (χ0) is 18.8. The molecule has 0 radical (unpaired) electrons. The minimum atomic E-state index is -0.167. The number of nitrogens with one attached hydrogen (secondary N) is 2. The molecule has 7 nitrogen and oxygen atoms in total. The van der Waals surface area contributed by atoms with Crippen LogP contribution in [0.5, 0.6) is 0 Å². The second-order valence-electron chi connectivity index (χ2n) is 7.04. The number of aliphatic hydroxyl groups is 1. The van der Waals surface area contributed by atoms with Crippen LogP contribution in [-0.4, -0.2) is 38.8 Å².